The first kappa shape index (κ1) is 29.2. The summed E-state index contributed by atoms with van der Waals surface area (Å²) in [6, 6.07) is 6.44. The van der Waals surface area contributed by atoms with Gasteiger partial charge in [0.2, 0.25) is 0 Å². The van der Waals surface area contributed by atoms with E-state index in [1.165, 1.54) is 17.7 Å². The number of aromatic amines is 1. The normalized spacial score (nSPS) is 21.3. The summed E-state index contributed by atoms with van der Waals surface area (Å²) in [5.41, 5.74) is 8.12. The van der Waals surface area contributed by atoms with Crippen LogP contribution in [-0.2, 0) is 23.4 Å². The molecule has 5 atom stereocenters. The molecule has 0 amide bonds. The number of aromatic nitrogens is 2. The average Bonchev–Trinajstić information content (AvgIpc) is 3.27. The Morgan fingerprint density at radius 1 is 1.34 bits per heavy atom. The lowest BCUT2D eigenvalue weighted by Gasteiger charge is -2.27. The third-order valence-corrected chi connectivity index (χ3v) is 7.28. The standard InChI is InChI=1S/C23H31N6O8P/c1-5-34-22(31)20(14(2)3)27-38(33,37-16-9-7-6-8-10-16)35-13-18-17(26-28-24)11-19(36-18)29-12-15(4)21(30)25-23(29)32/h6-10,12,14,17-20H,5,11,13H2,1-4H3,(H,27,33)(H,25,30,32)/t17?,18-,19+,20-,38?/m1/s1. The molecule has 1 aliphatic rings. The van der Waals surface area contributed by atoms with Gasteiger partial charge in [-0.15, -0.1) is 0 Å². The lowest BCUT2D eigenvalue weighted by atomic mass is 10.1. The molecule has 0 radical (unpaired) electrons. The Kier molecular flexibility index (Phi) is 9.90. The minimum Gasteiger partial charge on any atom is -0.465 e. The van der Waals surface area contributed by atoms with Crippen LogP contribution in [0.3, 0.4) is 0 Å². The lowest BCUT2D eigenvalue weighted by Crippen LogP contribution is -2.42. The fraction of sp³-hybridized carbons (Fsp3) is 0.522. The van der Waals surface area contributed by atoms with E-state index in [4.69, 9.17) is 24.1 Å². The van der Waals surface area contributed by atoms with Crippen LogP contribution in [0.1, 0.15) is 39.0 Å². The van der Waals surface area contributed by atoms with E-state index in [2.05, 4.69) is 20.1 Å². The van der Waals surface area contributed by atoms with Gasteiger partial charge in [-0.05, 0) is 37.4 Å². The second-order valence-corrected chi connectivity index (χ2v) is 10.6. The highest BCUT2D eigenvalue weighted by molar-refractivity contribution is 7.52. The second kappa shape index (κ2) is 12.9. The van der Waals surface area contributed by atoms with Gasteiger partial charge in [0.25, 0.3) is 5.56 Å². The van der Waals surface area contributed by atoms with Gasteiger partial charge in [0.1, 0.15) is 18.0 Å². The Labute approximate surface area is 218 Å². The van der Waals surface area contributed by atoms with Crippen LogP contribution in [-0.4, -0.2) is 46.9 Å². The van der Waals surface area contributed by atoms with Crippen LogP contribution in [0, 0.1) is 12.8 Å². The van der Waals surface area contributed by atoms with Crippen molar-refractivity contribution in [1.29, 1.82) is 0 Å². The second-order valence-electron chi connectivity index (χ2n) is 8.92. The molecule has 2 N–H and O–H groups in total. The van der Waals surface area contributed by atoms with Gasteiger partial charge in [-0.2, -0.15) is 5.09 Å². The molecule has 0 bridgehead atoms. The summed E-state index contributed by atoms with van der Waals surface area (Å²) in [4.78, 5) is 41.7. The average molecular weight is 551 g/mol. The van der Waals surface area contributed by atoms with Gasteiger partial charge in [0.05, 0.1) is 25.4 Å². The molecule has 1 aromatic heterocycles. The van der Waals surface area contributed by atoms with E-state index in [1.807, 2.05) is 0 Å². The molecule has 0 saturated carbocycles. The summed E-state index contributed by atoms with van der Waals surface area (Å²) < 4.78 is 37.5. The van der Waals surface area contributed by atoms with Crippen molar-refractivity contribution in [3.8, 4) is 5.75 Å². The molecule has 14 nitrogen and oxygen atoms in total. The van der Waals surface area contributed by atoms with Gasteiger partial charge in [0, 0.05) is 23.1 Å². The molecule has 3 rings (SSSR count). The fourth-order valence-electron chi connectivity index (χ4n) is 3.78. The van der Waals surface area contributed by atoms with Crippen molar-refractivity contribution in [3.63, 3.8) is 0 Å². The molecule has 2 heterocycles. The number of nitrogens with zero attached hydrogens (tertiary/aromatic N) is 4. The van der Waals surface area contributed by atoms with Crippen LogP contribution in [0.15, 0.2) is 51.2 Å². The first-order valence-electron chi connectivity index (χ1n) is 12.0. The zero-order valence-corrected chi connectivity index (χ0v) is 22.4. The number of hydrogen-bond acceptors (Lipinski definition) is 9. The highest BCUT2D eigenvalue weighted by Crippen LogP contribution is 2.46. The number of H-pyrrole nitrogens is 1. The first-order chi connectivity index (χ1) is 18.1. The molecule has 15 heteroatoms. The summed E-state index contributed by atoms with van der Waals surface area (Å²) in [7, 11) is -4.22. The van der Waals surface area contributed by atoms with Gasteiger partial charge in [-0.1, -0.05) is 37.2 Å². The molecule has 1 saturated heterocycles. The molecule has 206 valence electrons. The molecule has 0 spiro atoms. The monoisotopic (exact) mass is 550 g/mol. The number of nitrogens with one attached hydrogen (secondary N) is 2. The fourth-order valence-corrected chi connectivity index (χ4v) is 5.45. The molecule has 0 aliphatic carbocycles. The minimum atomic E-state index is -4.22. The number of benzene rings is 1. The minimum absolute atomic E-state index is 0.0954. The first-order valence-corrected chi connectivity index (χ1v) is 13.6. The van der Waals surface area contributed by atoms with Crippen molar-refractivity contribution in [2.75, 3.05) is 13.2 Å². The predicted molar refractivity (Wildman–Crippen MR) is 137 cm³/mol. The SMILES string of the molecule is CCOC(=O)[C@H](NP(=O)(OC[C@H]1O[C@H](n2cc(C)c(=O)[nH]c2=O)CC1N=[N+]=[N-])Oc1ccccc1)C(C)C. The Morgan fingerprint density at radius 3 is 2.68 bits per heavy atom. The zero-order valence-electron chi connectivity index (χ0n) is 21.5. The van der Waals surface area contributed by atoms with Crippen LogP contribution in [0.2, 0.25) is 0 Å². The van der Waals surface area contributed by atoms with E-state index in [0.29, 0.717) is 0 Å². The molecule has 1 aromatic carbocycles. The van der Waals surface area contributed by atoms with E-state index >= 15 is 0 Å². The lowest BCUT2D eigenvalue weighted by molar-refractivity contribution is -0.146. The molecule has 1 aliphatic heterocycles. The van der Waals surface area contributed by atoms with Gasteiger partial charge < -0.3 is 14.0 Å². The Bertz CT molecular complexity index is 1320. The van der Waals surface area contributed by atoms with Crippen LogP contribution >= 0.6 is 7.75 Å². The largest absolute Gasteiger partial charge is 0.465 e. The van der Waals surface area contributed by atoms with E-state index in [9.17, 15) is 18.9 Å². The maximum Gasteiger partial charge on any atom is 0.459 e. The summed E-state index contributed by atoms with van der Waals surface area (Å²) >= 11 is 0. The number of esters is 1. The van der Waals surface area contributed by atoms with Crippen LogP contribution in [0.25, 0.3) is 10.4 Å². The van der Waals surface area contributed by atoms with E-state index < -0.39 is 49.4 Å². The number of carbonyl (C=O) groups is 1. The van der Waals surface area contributed by atoms with E-state index in [0.717, 1.165) is 0 Å². The summed E-state index contributed by atoms with van der Waals surface area (Å²) in [5.74, 6) is -0.731. The number of hydrogen-bond donors (Lipinski definition) is 2. The van der Waals surface area contributed by atoms with Crippen molar-refractivity contribution >= 4 is 13.7 Å². The topological polar surface area (TPSA) is 187 Å². The van der Waals surface area contributed by atoms with Crippen molar-refractivity contribution in [3.05, 3.63) is 73.4 Å². The highest BCUT2D eigenvalue weighted by atomic mass is 31.2. The number of ether oxygens (including phenoxy) is 2. The maximum absolute atomic E-state index is 13.9. The molecule has 2 unspecified atom stereocenters. The Hall–Kier alpha value is -3.41. The number of aryl methyl sites for hydroxylation is 1. The number of azide groups is 1. The smallest absolute Gasteiger partial charge is 0.459 e. The van der Waals surface area contributed by atoms with Crippen LogP contribution in [0.4, 0.5) is 0 Å². The number of carbonyl (C=O) groups excluding carboxylic acids is 1. The number of para-hydroxylation sites is 1. The summed E-state index contributed by atoms with van der Waals surface area (Å²) in [6.07, 6.45) is -0.366. The third kappa shape index (κ3) is 7.33. The maximum atomic E-state index is 13.9. The van der Waals surface area contributed by atoms with E-state index in [-0.39, 0.29) is 36.9 Å². The molecular weight excluding hydrogens is 519 g/mol. The Balaban J connectivity index is 1.85. The number of rotatable bonds is 12. The third-order valence-electron chi connectivity index (χ3n) is 5.74. The molecular formula is C23H31N6O8P. The van der Waals surface area contributed by atoms with Gasteiger partial charge in [0.15, 0.2) is 0 Å². The van der Waals surface area contributed by atoms with Crippen molar-refractivity contribution in [1.82, 2.24) is 14.6 Å². The molecule has 38 heavy (non-hydrogen) atoms. The van der Waals surface area contributed by atoms with E-state index in [1.54, 1.807) is 51.1 Å². The van der Waals surface area contributed by atoms with Gasteiger partial charge in [-0.3, -0.25) is 23.7 Å². The molecule has 2 aromatic rings. The Morgan fingerprint density at radius 2 is 2.05 bits per heavy atom. The van der Waals surface area contributed by atoms with Crippen molar-refractivity contribution in [2.45, 2.75) is 58.5 Å². The quantitative estimate of drug-likeness (QED) is 0.132. The van der Waals surface area contributed by atoms with Crippen LogP contribution < -0.4 is 20.9 Å². The van der Waals surface area contributed by atoms with Crippen molar-refractivity contribution in [2.24, 2.45) is 11.0 Å². The zero-order chi connectivity index (χ0) is 27.9. The summed E-state index contributed by atoms with van der Waals surface area (Å²) in [6.45, 7) is 6.43. The van der Waals surface area contributed by atoms with Gasteiger partial charge >= 0.3 is 19.4 Å². The van der Waals surface area contributed by atoms with Crippen LogP contribution in [0.5, 0.6) is 5.75 Å². The molecule has 1 fully saturated rings. The summed E-state index contributed by atoms with van der Waals surface area (Å²) in [5, 5.41) is 6.42. The van der Waals surface area contributed by atoms with Crippen molar-refractivity contribution < 1.29 is 27.9 Å². The van der Waals surface area contributed by atoms with Gasteiger partial charge in [-0.25, -0.2) is 9.36 Å². The predicted octanol–water partition coefficient (Wildman–Crippen LogP) is 3.19. The highest BCUT2D eigenvalue weighted by Gasteiger charge is 2.41.